The van der Waals surface area contributed by atoms with Crippen molar-refractivity contribution in [3.63, 3.8) is 0 Å². The summed E-state index contributed by atoms with van der Waals surface area (Å²) in [6.07, 6.45) is 0. The van der Waals surface area contributed by atoms with E-state index in [-0.39, 0.29) is 11.3 Å². The molecule has 1 N–H and O–H groups in total. The molecule has 1 unspecified atom stereocenters. The Balaban J connectivity index is 2.76. The number of benzene rings is 1. The van der Waals surface area contributed by atoms with Crippen LogP contribution in [-0.2, 0) is 10.5 Å². The van der Waals surface area contributed by atoms with Crippen LogP contribution in [0.15, 0.2) is 18.2 Å². The van der Waals surface area contributed by atoms with Gasteiger partial charge in [0.05, 0.1) is 10.8 Å². The van der Waals surface area contributed by atoms with Gasteiger partial charge in [-0.3, -0.25) is 4.79 Å². The fourth-order valence-corrected chi connectivity index (χ4v) is 1.86. The van der Waals surface area contributed by atoms with E-state index in [0.29, 0.717) is 5.56 Å². The molecule has 0 spiro atoms. The van der Waals surface area contributed by atoms with Gasteiger partial charge in [0.25, 0.3) is 0 Å². The molecule has 0 heterocycles. The first kappa shape index (κ1) is 12.5. The summed E-state index contributed by atoms with van der Waals surface area (Å²) in [6.45, 7) is 1.54. The Hall–Kier alpha value is -1.54. The molecule has 0 aliphatic rings. The Kier molecular flexibility index (Phi) is 4.32. The van der Waals surface area contributed by atoms with Gasteiger partial charge >= 0.3 is 5.97 Å². The van der Waals surface area contributed by atoms with Gasteiger partial charge in [-0.1, -0.05) is 12.1 Å². The standard InChI is InChI=1S/C11H10FNO2S/c1-7(11(14)15)16-6-9-4-2-3-8(5-13)10(9)12/h2-4,7H,6H2,1H3,(H,14,15). The Morgan fingerprint density at radius 1 is 1.69 bits per heavy atom. The summed E-state index contributed by atoms with van der Waals surface area (Å²) in [5.74, 6) is -1.24. The Morgan fingerprint density at radius 3 is 2.94 bits per heavy atom. The highest BCUT2D eigenvalue weighted by atomic mass is 32.2. The van der Waals surface area contributed by atoms with Crippen LogP contribution in [0.25, 0.3) is 0 Å². The number of hydrogen-bond donors (Lipinski definition) is 1. The van der Waals surface area contributed by atoms with Crippen molar-refractivity contribution < 1.29 is 14.3 Å². The molecule has 0 fully saturated rings. The lowest BCUT2D eigenvalue weighted by Gasteiger charge is -2.07. The number of nitriles is 1. The topological polar surface area (TPSA) is 61.1 Å². The summed E-state index contributed by atoms with van der Waals surface area (Å²) >= 11 is 1.12. The molecular weight excluding hydrogens is 229 g/mol. The normalized spacial score (nSPS) is 11.8. The van der Waals surface area contributed by atoms with E-state index >= 15 is 0 Å². The zero-order chi connectivity index (χ0) is 12.1. The molecule has 0 aromatic heterocycles. The average molecular weight is 239 g/mol. The fraction of sp³-hybridized carbons (Fsp3) is 0.273. The number of carboxylic acid groups (broad SMARTS) is 1. The average Bonchev–Trinajstić information content (AvgIpc) is 2.27. The lowest BCUT2D eigenvalue weighted by atomic mass is 10.1. The third kappa shape index (κ3) is 2.97. The molecule has 1 aromatic carbocycles. The number of aliphatic carboxylic acids is 1. The summed E-state index contributed by atoms with van der Waals surface area (Å²) in [5.41, 5.74) is 0.346. The minimum absolute atomic E-state index is 0.0129. The highest BCUT2D eigenvalue weighted by molar-refractivity contribution is 7.99. The number of carbonyl (C=O) groups is 1. The van der Waals surface area contributed by atoms with Gasteiger partial charge in [0, 0.05) is 5.75 Å². The van der Waals surface area contributed by atoms with Crippen molar-refractivity contribution in [2.45, 2.75) is 17.9 Å². The summed E-state index contributed by atoms with van der Waals surface area (Å²) in [5, 5.41) is 16.7. The SMILES string of the molecule is CC(SCc1cccc(C#N)c1F)C(=O)O. The number of thioether (sulfide) groups is 1. The first-order valence-electron chi connectivity index (χ1n) is 4.58. The van der Waals surface area contributed by atoms with Gasteiger partial charge in [0.2, 0.25) is 0 Å². The molecule has 0 radical (unpaired) electrons. The summed E-state index contributed by atoms with van der Waals surface area (Å²) in [7, 11) is 0. The molecule has 1 aromatic rings. The van der Waals surface area contributed by atoms with Gasteiger partial charge in [0.15, 0.2) is 0 Å². The molecule has 1 atom stereocenters. The number of hydrogen-bond acceptors (Lipinski definition) is 3. The second kappa shape index (κ2) is 5.52. The van der Waals surface area contributed by atoms with E-state index in [1.807, 2.05) is 0 Å². The molecule has 16 heavy (non-hydrogen) atoms. The second-order valence-electron chi connectivity index (χ2n) is 3.18. The zero-order valence-corrected chi connectivity index (χ0v) is 9.42. The van der Waals surface area contributed by atoms with Crippen LogP contribution in [0.4, 0.5) is 4.39 Å². The van der Waals surface area contributed by atoms with Crippen LogP contribution in [0.1, 0.15) is 18.1 Å². The Morgan fingerprint density at radius 2 is 2.38 bits per heavy atom. The first-order valence-corrected chi connectivity index (χ1v) is 5.63. The number of carboxylic acids is 1. The van der Waals surface area contributed by atoms with E-state index in [1.165, 1.54) is 6.07 Å². The van der Waals surface area contributed by atoms with Gasteiger partial charge < -0.3 is 5.11 Å². The maximum atomic E-state index is 13.5. The molecule has 1 rings (SSSR count). The number of rotatable bonds is 4. The van der Waals surface area contributed by atoms with Gasteiger partial charge in [-0.15, -0.1) is 11.8 Å². The van der Waals surface area contributed by atoms with Crippen LogP contribution in [0.5, 0.6) is 0 Å². The van der Waals surface area contributed by atoms with Crippen molar-refractivity contribution in [1.29, 1.82) is 5.26 Å². The van der Waals surface area contributed by atoms with Crippen LogP contribution in [0.3, 0.4) is 0 Å². The summed E-state index contributed by atoms with van der Waals surface area (Å²) < 4.78 is 13.5. The number of halogens is 1. The minimum Gasteiger partial charge on any atom is -0.480 e. The van der Waals surface area contributed by atoms with Gasteiger partial charge in [0.1, 0.15) is 11.9 Å². The number of nitrogens with zero attached hydrogens (tertiary/aromatic N) is 1. The molecular formula is C11H10FNO2S. The lowest BCUT2D eigenvalue weighted by Crippen LogP contribution is -2.11. The van der Waals surface area contributed by atoms with Crippen molar-refractivity contribution in [3.05, 3.63) is 35.1 Å². The van der Waals surface area contributed by atoms with Crippen LogP contribution in [0, 0.1) is 17.1 Å². The summed E-state index contributed by atoms with van der Waals surface area (Å²) in [4.78, 5) is 10.6. The van der Waals surface area contributed by atoms with Crippen LogP contribution in [-0.4, -0.2) is 16.3 Å². The molecule has 0 aliphatic carbocycles. The summed E-state index contributed by atoms with van der Waals surface area (Å²) in [6, 6.07) is 6.28. The molecule has 0 saturated carbocycles. The Labute approximate surface area is 96.9 Å². The molecule has 0 saturated heterocycles. The monoisotopic (exact) mass is 239 g/mol. The van der Waals surface area contributed by atoms with Gasteiger partial charge in [-0.25, -0.2) is 4.39 Å². The predicted molar refractivity (Wildman–Crippen MR) is 59.5 cm³/mol. The van der Waals surface area contributed by atoms with Crippen molar-refractivity contribution in [2.75, 3.05) is 0 Å². The van der Waals surface area contributed by atoms with E-state index in [9.17, 15) is 9.18 Å². The van der Waals surface area contributed by atoms with Crippen LogP contribution in [0.2, 0.25) is 0 Å². The minimum atomic E-state index is -0.929. The second-order valence-corrected chi connectivity index (χ2v) is 4.51. The van der Waals surface area contributed by atoms with Crippen LogP contribution >= 0.6 is 11.8 Å². The quantitative estimate of drug-likeness (QED) is 0.876. The third-order valence-electron chi connectivity index (χ3n) is 2.04. The molecule has 0 amide bonds. The largest absolute Gasteiger partial charge is 0.480 e. The van der Waals surface area contributed by atoms with E-state index < -0.39 is 17.0 Å². The highest BCUT2D eigenvalue weighted by Crippen LogP contribution is 2.21. The van der Waals surface area contributed by atoms with Crippen LogP contribution < -0.4 is 0 Å². The zero-order valence-electron chi connectivity index (χ0n) is 8.61. The smallest absolute Gasteiger partial charge is 0.316 e. The fourth-order valence-electron chi connectivity index (χ4n) is 1.06. The molecule has 0 aliphatic heterocycles. The van der Waals surface area contributed by atoms with E-state index in [2.05, 4.69) is 0 Å². The van der Waals surface area contributed by atoms with Crippen molar-refractivity contribution in [3.8, 4) is 6.07 Å². The third-order valence-corrected chi connectivity index (χ3v) is 3.22. The Bertz CT molecular complexity index is 442. The maximum Gasteiger partial charge on any atom is 0.316 e. The van der Waals surface area contributed by atoms with Crippen molar-refractivity contribution >= 4 is 17.7 Å². The molecule has 5 heteroatoms. The van der Waals surface area contributed by atoms with Crippen molar-refractivity contribution in [2.24, 2.45) is 0 Å². The van der Waals surface area contributed by atoms with E-state index in [4.69, 9.17) is 10.4 Å². The van der Waals surface area contributed by atoms with Crippen molar-refractivity contribution in [1.82, 2.24) is 0 Å². The highest BCUT2D eigenvalue weighted by Gasteiger charge is 2.13. The van der Waals surface area contributed by atoms with E-state index in [0.717, 1.165) is 11.8 Å². The molecule has 84 valence electrons. The predicted octanol–water partition coefficient (Wildman–Crippen LogP) is 2.40. The maximum absolute atomic E-state index is 13.5. The van der Waals surface area contributed by atoms with E-state index in [1.54, 1.807) is 25.1 Å². The molecule has 0 bridgehead atoms. The van der Waals surface area contributed by atoms with Gasteiger partial charge in [-0.2, -0.15) is 5.26 Å². The van der Waals surface area contributed by atoms with Gasteiger partial charge in [-0.05, 0) is 18.6 Å². The lowest BCUT2D eigenvalue weighted by molar-refractivity contribution is -0.136. The first-order chi connectivity index (χ1) is 7.56. The molecule has 3 nitrogen and oxygen atoms in total.